The summed E-state index contributed by atoms with van der Waals surface area (Å²) in [6, 6.07) is 4.75. The average molecular weight is 292 g/mol. The summed E-state index contributed by atoms with van der Waals surface area (Å²) in [6.07, 6.45) is -4.32. The molecule has 1 aliphatic rings. The molecular weight excluding hydrogens is 279 g/mol. The van der Waals surface area contributed by atoms with Gasteiger partial charge in [-0.2, -0.15) is 13.2 Å². The van der Waals surface area contributed by atoms with Crippen LogP contribution in [0.4, 0.5) is 13.2 Å². The molecule has 2 rings (SSSR count). The molecule has 1 heterocycles. The molecule has 0 saturated carbocycles. The second-order valence-corrected chi connectivity index (χ2v) is 5.37. The summed E-state index contributed by atoms with van der Waals surface area (Å²) in [5, 5.41) is 1.76. The third kappa shape index (κ3) is 3.22. The smallest absolute Gasteiger partial charge is 0.416 e. The summed E-state index contributed by atoms with van der Waals surface area (Å²) in [4.78, 5) is 11.4. The molecule has 0 radical (unpaired) electrons. The van der Waals surface area contributed by atoms with E-state index < -0.39 is 11.7 Å². The molecule has 0 spiro atoms. The Labute approximate surface area is 112 Å². The van der Waals surface area contributed by atoms with E-state index >= 15 is 0 Å². The lowest BCUT2D eigenvalue weighted by Gasteiger charge is -2.11. The molecule has 1 saturated heterocycles. The summed E-state index contributed by atoms with van der Waals surface area (Å²) >= 11 is 1.52. The van der Waals surface area contributed by atoms with Crippen LogP contribution in [0.2, 0.25) is 0 Å². The fraction of sp³-hybridized carbons (Fsp3) is 0.417. The van der Waals surface area contributed by atoms with Gasteiger partial charge in [0.1, 0.15) is 0 Å². The quantitative estimate of drug-likeness (QED) is 0.841. The Morgan fingerprint density at radius 3 is 2.53 bits per heavy atom. The molecule has 1 aromatic carbocycles. The predicted octanol–water partition coefficient (Wildman–Crippen LogP) is 1.56. The van der Waals surface area contributed by atoms with Gasteiger partial charge in [0.25, 0.3) is 0 Å². The Morgan fingerprint density at radius 2 is 2.00 bits per heavy atom. The van der Waals surface area contributed by atoms with Gasteiger partial charge in [0.15, 0.2) is 11.4 Å². The standard InChI is InChI=1S/C12H12F3NO2S/c1-18-11(17)9-6-19-10(16-9)7-2-4-8(5-3-7)12(13,14)15/h2-5,9-10,16H,6H2,1H3/p+1/t9-,10+/m0/s1. The van der Waals surface area contributed by atoms with Gasteiger partial charge in [-0.1, -0.05) is 23.9 Å². The van der Waals surface area contributed by atoms with Crippen LogP contribution < -0.4 is 5.32 Å². The Kier molecular flexibility index (Phi) is 4.05. The summed E-state index contributed by atoms with van der Waals surface area (Å²) in [7, 11) is 1.33. The van der Waals surface area contributed by atoms with Gasteiger partial charge < -0.3 is 10.1 Å². The Balaban J connectivity index is 2.06. The number of methoxy groups -OCH3 is 1. The van der Waals surface area contributed by atoms with Crippen LogP contribution in [-0.4, -0.2) is 24.9 Å². The molecule has 19 heavy (non-hydrogen) atoms. The number of rotatable bonds is 2. The van der Waals surface area contributed by atoms with Crippen molar-refractivity contribution in [1.82, 2.24) is 0 Å². The second-order valence-electron chi connectivity index (χ2n) is 4.20. The van der Waals surface area contributed by atoms with Crippen molar-refractivity contribution in [3.63, 3.8) is 0 Å². The highest BCUT2D eigenvalue weighted by atomic mass is 32.2. The number of halogens is 3. The molecule has 0 amide bonds. The Hall–Kier alpha value is -1.21. The molecule has 2 N–H and O–H groups in total. The van der Waals surface area contributed by atoms with Crippen LogP contribution in [-0.2, 0) is 15.7 Å². The maximum atomic E-state index is 12.4. The fourth-order valence-corrected chi connectivity index (χ4v) is 3.21. The molecule has 0 bridgehead atoms. The minimum atomic E-state index is -4.32. The molecular formula is C12H13F3NO2S+. The predicted molar refractivity (Wildman–Crippen MR) is 64.4 cm³/mol. The molecule has 0 aromatic heterocycles. The normalized spacial score (nSPS) is 23.4. The van der Waals surface area contributed by atoms with Crippen LogP contribution in [0.5, 0.6) is 0 Å². The van der Waals surface area contributed by atoms with E-state index in [-0.39, 0.29) is 17.4 Å². The monoisotopic (exact) mass is 292 g/mol. The van der Waals surface area contributed by atoms with Crippen molar-refractivity contribution in [2.24, 2.45) is 0 Å². The average Bonchev–Trinajstić information content (AvgIpc) is 2.86. The van der Waals surface area contributed by atoms with Gasteiger partial charge in [-0.15, -0.1) is 0 Å². The number of thioether (sulfide) groups is 1. The van der Waals surface area contributed by atoms with E-state index in [1.807, 2.05) is 5.32 Å². The number of carbonyl (C=O) groups is 1. The minimum Gasteiger partial charge on any atom is -0.465 e. The summed E-state index contributed by atoms with van der Waals surface area (Å²) < 4.78 is 42.0. The van der Waals surface area contributed by atoms with Gasteiger partial charge in [0, 0.05) is 5.56 Å². The lowest BCUT2D eigenvalue weighted by molar-refractivity contribution is -0.685. The van der Waals surface area contributed by atoms with E-state index in [0.29, 0.717) is 5.75 Å². The van der Waals surface area contributed by atoms with Gasteiger partial charge >= 0.3 is 12.1 Å². The first-order valence-electron chi connectivity index (χ1n) is 5.63. The summed E-state index contributed by atoms with van der Waals surface area (Å²) in [5.41, 5.74) is 0.105. The van der Waals surface area contributed by atoms with E-state index in [1.165, 1.54) is 31.0 Å². The topological polar surface area (TPSA) is 42.9 Å². The van der Waals surface area contributed by atoms with E-state index in [9.17, 15) is 18.0 Å². The summed E-state index contributed by atoms with van der Waals surface area (Å²) in [5.74, 6) is 0.292. The lowest BCUT2D eigenvalue weighted by atomic mass is 10.1. The maximum absolute atomic E-state index is 12.4. The number of nitrogens with two attached hydrogens (primary N) is 1. The van der Waals surface area contributed by atoms with E-state index in [2.05, 4.69) is 4.74 Å². The first kappa shape index (κ1) is 14.2. The molecule has 0 aliphatic carbocycles. The van der Waals surface area contributed by atoms with E-state index in [4.69, 9.17) is 0 Å². The number of hydrogen-bond donors (Lipinski definition) is 1. The maximum Gasteiger partial charge on any atom is 0.416 e. The highest BCUT2D eigenvalue weighted by Crippen LogP contribution is 2.32. The first-order valence-corrected chi connectivity index (χ1v) is 6.68. The number of carbonyl (C=O) groups excluding carboxylic acids is 1. The fourth-order valence-electron chi connectivity index (χ4n) is 1.90. The van der Waals surface area contributed by atoms with Crippen LogP contribution in [0.25, 0.3) is 0 Å². The van der Waals surface area contributed by atoms with Crippen LogP contribution in [0.3, 0.4) is 0 Å². The zero-order chi connectivity index (χ0) is 14.0. The molecule has 104 valence electrons. The first-order chi connectivity index (χ1) is 8.91. The van der Waals surface area contributed by atoms with Crippen molar-refractivity contribution in [3.8, 4) is 0 Å². The minimum absolute atomic E-state index is 0.0635. The molecule has 1 fully saturated rings. The van der Waals surface area contributed by atoms with Gasteiger partial charge in [0.2, 0.25) is 0 Å². The van der Waals surface area contributed by atoms with Crippen molar-refractivity contribution in [3.05, 3.63) is 35.4 Å². The molecule has 0 unspecified atom stereocenters. The Bertz CT molecular complexity index is 461. The molecule has 1 aliphatic heterocycles. The van der Waals surface area contributed by atoms with Crippen LogP contribution >= 0.6 is 11.8 Å². The van der Waals surface area contributed by atoms with E-state index in [0.717, 1.165) is 17.7 Å². The van der Waals surface area contributed by atoms with E-state index in [1.54, 1.807) is 0 Å². The van der Waals surface area contributed by atoms with Crippen molar-refractivity contribution in [1.29, 1.82) is 0 Å². The summed E-state index contributed by atoms with van der Waals surface area (Å²) in [6.45, 7) is 0. The second kappa shape index (κ2) is 5.42. The van der Waals surface area contributed by atoms with Crippen LogP contribution in [0.1, 0.15) is 16.5 Å². The number of ether oxygens (including phenoxy) is 1. The number of alkyl halides is 3. The molecule has 3 nitrogen and oxygen atoms in total. The number of esters is 1. The third-order valence-corrected chi connectivity index (χ3v) is 4.27. The van der Waals surface area contributed by atoms with Gasteiger partial charge in [-0.3, -0.25) is 0 Å². The Morgan fingerprint density at radius 1 is 1.37 bits per heavy atom. The van der Waals surface area contributed by atoms with Crippen LogP contribution in [0, 0.1) is 0 Å². The van der Waals surface area contributed by atoms with Gasteiger partial charge in [-0.25, -0.2) is 4.79 Å². The highest BCUT2D eigenvalue weighted by Gasteiger charge is 2.36. The van der Waals surface area contributed by atoms with Crippen LogP contribution in [0.15, 0.2) is 24.3 Å². The largest absolute Gasteiger partial charge is 0.465 e. The molecule has 7 heteroatoms. The third-order valence-electron chi connectivity index (χ3n) is 2.93. The van der Waals surface area contributed by atoms with Gasteiger partial charge in [-0.05, 0) is 12.1 Å². The van der Waals surface area contributed by atoms with Crippen molar-refractivity contribution in [2.45, 2.75) is 17.6 Å². The number of benzene rings is 1. The number of quaternary nitrogens is 1. The highest BCUT2D eigenvalue weighted by molar-refractivity contribution is 7.99. The SMILES string of the molecule is COC(=O)[C@@H]1CS[C@H](c2ccc(C(F)(F)F)cc2)[NH2+]1. The van der Waals surface area contributed by atoms with Gasteiger partial charge in [0.05, 0.1) is 18.4 Å². The number of hydrogen-bond acceptors (Lipinski definition) is 3. The molecule has 2 atom stereocenters. The van der Waals surface area contributed by atoms with Crippen molar-refractivity contribution in [2.75, 3.05) is 12.9 Å². The molecule has 1 aromatic rings. The zero-order valence-corrected chi connectivity index (χ0v) is 10.9. The lowest BCUT2D eigenvalue weighted by Crippen LogP contribution is -2.89. The van der Waals surface area contributed by atoms with Crippen molar-refractivity contribution >= 4 is 17.7 Å². The zero-order valence-electron chi connectivity index (χ0n) is 10.1. The van der Waals surface area contributed by atoms with Crippen molar-refractivity contribution < 1.29 is 28.0 Å².